The second-order valence-corrected chi connectivity index (χ2v) is 9.34. The SMILES string of the molecule is CCC[C@H](CC(=O)O)NC(=O)CCC(C)CCNC(=O)OCC1c2ccccc2-c2ccccc21. The van der Waals surface area contributed by atoms with Crippen molar-refractivity contribution >= 4 is 18.0 Å². The van der Waals surface area contributed by atoms with Gasteiger partial charge in [0.1, 0.15) is 6.61 Å². The number of carboxylic acids is 1. The van der Waals surface area contributed by atoms with Crippen LogP contribution in [-0.4, -0.2) is 42.3 Å². The number of ether oxygens (including phenoxy) is 1. The third-order valence-corrected chi connectivity index (χ3v) is 6.54. The highest BCUT2D eigenvalue weighted by molar-refractivity contribution is 5.79. The molecule has 1 unspecified atom stereocenters. The first-order valence-corrected chi connectivity index (χ1v) is 12.5. The summed E-state index contributed by atoms with van der Waals surface area (Å²) in [6.07, 6.45) is 2.71. The van der Waals surface area contributed by atoms with Crippen molar-refractivity contribution in [3.8, 4) is 11.1 Å². The topological polar surface area (TPSA) is 105 Å². The Bertz CT molecular complexity index is 976. The van der Waals surface area contributed by atoms with Crippen molar-refractivity contribution in [2.45, 2.75) is 64.3 Å². The predicted octanol–water partition coefficient (Wildman–Crippen LogP) is 5.09. The normalized spacial score (nSPS) is 13.9. The molecular weight excluding hydrogens is 444 g/mol. The van der Waals surface area contributed by atoms with Gasteiger partial charge in [-0.2, -0.15) is 0 Å². The van der Waals surface area contributed by atoms with Gasteiger partial charge in [-0.25, -0.2) is 4.79 Å². The molecule has 1 aliphatic carbocycles. The number of carbonyl (C=O) groups excluding carboxylic acids is 2. The van der Waals surface area contributed by atoms with Crippen LogP contribution in [0.1, 0.15) is 69.4 Å². The second kappa shape index (κ2) is 12.9. The lowest BCUT2D eigenvalue weighted by Crippen LogP contribution is -2.36. The van der Waals surface area contributed by atoms with E-state index in [1.807, 2.05) is 38.1 Å². The minimum Gasteiger partial charge on any atom is -0.481 e. The number of carbonyl (C=O) groups is 3. The quantitative estimate of drug-likeness (QED) is 0.370. The van der Waals surface area contributed by atoms with Gasteiger partial charge in [0.15, 0.2) is 0 Å². The van der Waals surface area contributed by atoms with Crippen LogP contribution in [0.5, 0.6) is 0 Å². The number of hydrogen-bond acceptors (Lipinski definition) is 4. The molecule has 35 heavy (non-hydrogen) atoms. The van der Waals surface area contributed by atoms with E-state index in [0.29, 0.717) is 25.8 Å². The molecule has 0 saturated heterocycles. The van der Waals surface area contributed by atoms with Crippen LogP contribution in [0.2, 0.25) is 0 Å². The third-order valence-electron chi connectivity index (χ3n) is 6.54. The first-order valence-electron chi connectivity index (χ1n) is 12.5. The third kappa shape index (κ3) is 7.57. The molecule has 0 spiro atoms. The number of rotatable bonds is 13. The van der Waals surface area contributed by atoms with Gasteiger partial charge in [0.2, 0.25) is 5.91 Å². The molecule has 3 rings (SSSR count). The smallest absolute Gasteiger partial charge is 0.407 e. The molecule has 2 amide bonds. The molecule has 7 nitrogen and oxygen atoms in total. The fourth-order valence-corrected chi connectivity index (χ4v) is 4.68. The summed E-state index contributed by atoms with van der Waals surface area (Å²) >= 11 is 0. The molecular formula is C28H36N2O5. The van der Waals surface area contributed by atoms with Gasteiger partial charge in [-0.1, -0.05) is 68.8 Å². The lowest BCUT2D eigenvalue weighted by molar-refractivity contribution is -0.137. The maximum Gasteiger partial charge on any atom is 0.407 e. The summed E-state index contributed by atoms with van der Waals surface area (Å²) in [4.78, 5) is 35.4. The maximum atomic E-state index is 12.3. The van der Waals surface area contributed by atoms with Crippen LogP contribution in [0.25, 0.3) is 11.1 Å². The van der Waals surface area contributed by atoms with E-state index in [9.17, 15) is 14.4 Å². The Morgan fingerprint density at radius 2 is 1.60 bits per heavy atom. The van der Waals surface area contributed by atoms with Crippen LogP contribution in [0.4, 0.5) is 4.79 Å². The highest BCUT2D eigenvalue weighted by Crippen LogP contribution is 2.44. The van der Waals surface area contributed by atoms with Crippen molar-refractivity contribution in [3.05, 3.63) is 59.7 Å². The Morgan fingerprint density at radius 1 is 0.971 bits per heavy atom. The summed E-state index contributed by atoms with van der Waals surface area (Å²) in [6, 6.07) is 16.1. The monoisotopic (exact) mass is 480 g/mol. The zero-order valence-corrected chi connectivity index (χ0v) is 20.6. The molecule has 2 aromatic rings. The van der Waals surface area contributed by atoms with Gasteiger partial charge < -0.3 is 20.5 Å². The molecule has 0 bridgehead atoms. The number of fused-ring (bicyclic) bond motifs is 3. The lowest BCUT2D eigenvalue weighted by atomic mass is 9.98. The van der Waals surface area contributed by atoms with Gasteiger partial charge in [-0.05, 0) is 47.4 Å². The zero-order chi connectivity index (χ0) is 25.2. The number of hydrogen-bond donors (Lipinski definition) is 3. The Morgan fingerprint density at radius 3 is 2.20 bits per heavy atom. The number of carboxylic acid groups (broad SMARTS) is 1. The summed E-state index contributed by atoms with van der Waals surface area (Å²) in [5.41, 5.74) is 4.74. The predicted molar refractivity (Wildman–Crippen MR) is 135 cm³/mol. The van der Waals surface area contributed by atoms with Crippen molar-refractivity contribution in [1.29, 1.82) is 0 Å². The fraction of sp³-hybridized carbons (Fsp3) is 0.464. The fourth-order valence-electron chi connectivity index (χ4n) is 4.68. The number of amides is 2. The molecule has 0 aliphatic heterocycles. The van der Waals surface area contributed by atoms with Crippen LogP contribution < -0.4 is 10.6 Å². The first-order chi connectivity index (χ1) is 16.9. The largest absolute Gasteiger partial charge is 0.481 e. The van der Waals surface area contributed by atoms with E-state index in [-0.39, 0.29) is 36.8 Å². The summed E-state index contributed by atoms with van der Waals surface area (Å²) in [6.45, 7) is 4.75. The first kappa shape index (κ1) is 26.3. The van der Waals surface area contributed by atoms with E-state index < -0.39 is 12.1 Å². The second-order valence-electron chi connectivity index (χ2n) is 9.34. The molecule has 188 valence electrons. The molecule has 0 fully saturated rings. The van der Waals surface area contributed by atoms with Crippen molar-refractivity contribution in [1.82, 2.24) is 10.6 Å². The molecule has 0 aromatic heterocycles. The Balaban J connectivity index is 1.36. The van der Waals surface area contributed by atoms with Crippen LogP contribution in [0, 0.1) is 5.92 Å². The van der Waals surface area contributed by atoms with Gasteiger partial charge in [0.25, 0.3) is 0 Å². The van der Waals surface area contributed by atoms with Gasteiger partial charge in [0, 0.05) is 24.9 Å². The highest BCUT2D eigenvalue weighted by Gasteiger charge is 2.29. The Hall–Kier alpha value is -3.35. The van der Waals surface area contributed by atoms with Crippen molar-refractivity contribution in [2.75, 3.05) is 13.2 Å². The highest BCUT2D eigenvalue weighted by atomic mass is 16.5. The molecule has 2 aromatic carbocycles. The van der Waals surface area contributed by atoms with Crippen LogP contribution in [0.3, 0.4) is 0 Å². The Kier molecular flexibility index (Phi) is 9.70. The number of nitrogens with one attached hydrogen (secondary N) is 2. The summed E-state index contributed by atoms with van der Waals surface area (Å²) in [5, 5.41) is 14.6. The van der Waals surface area contributed by atoms with Gasteiger partial charge in [0.05, 0.1) is 6.42 Å². The average Bonchev–Trinajstić information content (AvgIpc) is 3.15. The van der Waals surface area contributed by atoms with Gasteiger partial charge in [-0.15, -0.1) is 0 Å². The maximum absolute atomic E-state index is 12.3. The summed E-state index contributed by atoms with van der Waals surface area (Å²) in [7, 11) is 0. The Labute approximate surface area is 207 Å². The summed E-state index contributed by atoms with van der Waals surface area (Å²) < 4.78 is 5.56. The molecule has 7 heteroatoms. The molecule has 1 aliphatic rings. The molecule has 0 radical (unpaired) electrons. The number of alkyl carbamates (subject to hydrolysis) is 1. The zero-order valence-electron chi connectivity index (χ0n) is 20.6. The number of aliphatic carboxylic acids is 1. The molecule has 0 saturated carbocycles. The lowest BCUT2D eigenvalue weighted by Gasteiger charge is -2.17. The van der Waals surface area contributed by atoms with Crippen molar-refractivity contribution < 1.29 is 24.2 Å². The average molecular weight is 481 g/mol. The van der Waals surface area contributed by atoms with E-state index in [4.69, 9.17) is 9.84 Å². The van der Waals surface area contributed by atoms with Gasteiger partial charge >= 0.3 is 12.1 Å². The minimum absolute atomic E-state index is 0.0308. The van der Waals surface area contributed by atoms with Crippen LogP contribution in [0.15, 0.2) is 48.5 Å². The minimum atomic E-state index is -0.906. The number of benzene rings is 2. The van der Waals surface area contributed by atoms with Crippen molar-refractivity contribution in [3.63, 3.8) is 0 Å². The summed E-state index contributed by atoms with van der Waals surface area (Å²) in [5.74, 6) is -0.764. The van der Waals surface area contributed by atoms with Gasteiger partial charge in [-0.3, -0.25) is 9.59 Å². The van der Waals surface area contributed by atoms with Crippen LogP contribution >= 0.6 is 0 Å². The van der Waals surface area contributed by atoms with E-state index in [0.717, 1.165) is 12.8 Å². The standard InChI is InChI=1S/C28H36N2O5/c1-3-8-20(17-27(32)33)30-26(31)14-13-19(2)15-16-29-28(34)35-18-25-23-11-6-4-9-21(23)22-10-5-7-12-24(22)25/h4-7,9-12,19-20,25H,3,8,13-18H2,1-2H3,(H,29,34)(H,30,31)(H,32,33)/t19?,20-/m1/s1. The van der Waals surface area contributed by atoms with E-state index >= 15 is 0 Å². The molecule has 0 heterocycles. The molecule has 2 atom stereocenters. The molecule has 3 N–H and O–H groups in total. The van der Waals surface area contributed by atoms with Crippen LogP contribution in [-0.2, 0) is 14.3 Å². The van der Waals surface area contributed by atoms with E-state index in [1.54, 1.807) is 0 Å². The van der Waals surface area contributed by atoms with Crippen molar-refractivity contribution in [2.24, 2.45) is 5.92 Å². The van der Waals surface area contributed by atoms with E-state index in [2.05, 4.69) is 34.9 Å². The van der Waals surface area contributed by atoms with E-state index in [1.165, 1.54) is 22.3 Å².